The van der Waals surface area contributed by atoms with Crippen LogP contribution in [0.25, 0.3) is 0 Å². The SMILES string of the molecule is CC(=O)Nc1cccc(Nc2cc(C(=O)NCc3ccc(Cl)cc3)ccn2)c1. The monoisotopic (exact) mass is 394 g/mol. The lowest BCUT2D eigenvalue weighted by atomic mass is 10.2. The van der Waals surface area contributed by atoms with Crippen molar-refractivity contribution in [1.29, 1.82) is 0 Å². The molecule has 7 heteroatoms. The molecule has 0 radical (unpaired) electrons. The lowest BCUT2D eigenvalue weighted by Gasteiger charge is -2.10. The van der Waals surface area contributed by atoms with Crippen molar-refractivity contribution < 1.29 is 9.59 Å². The molecule has 0 aliphatic carbocycles. The lowest BCUT2D eigenvalue weighted by molar-refractivity contribution is -0.114. The number of carbonyl (C=O) groups is 2. The van der Waals surface area contributed by atoms with E-state index in [-0.39, 0.29) is 11.8 Å². The Labute approximate surface area is 168 Å². The van der Waals surface area contributed by atoms with E-state index >= 15 is 0 Å². The Bertz CT molecular complexity index is 990. The van der Waals surface area contributed by atoms with E-state index in [1.54, 1.807) is 42.6 Å². The summed E-state index contributed by atoms with van der Waals surface area (Å²) in [6.45, 7) is 1.85. The summed E-state index contributed by atoms with van der Waals surface area (Å²) in [6.07, 6.45) is 1.57. The Morgan fingerprint density at radius 1 is 1.00 bits per heavy atom. The first-order chi connectivity index (χ1) is 13.5. The Hall–Kier alpha value is -3.38. The maximum Gasteiger partial charge on any atom is 0.251 e. The number of carbonyl (C=O) groups excluding carboxylic acids is 2. The molecule has 0 aliphatic rings. The number of pyridine rings is 1. The van der Waals surface area contributed by atoms with Crippen molar-refractivity contribution >= 4 is 40.6 Å². The third-order valence-corrected chi connectivity index (χ3v) is 4.10. The molecule has 0 saturated carbocycles. The Balaban J connectivity index is 1.65. The van der Waals surface area contributed by atoms with E-state index in [9.17, 15) is 9.59 Å². The van der Waals surface area contributed by atoms with Gasteiger partial charge >= 0.3 is 0 Å². The third kappa shape index (κ3) is 5.56. The molecule has 3 aromatic rings. The second-order valence-electron chi connectivity index (χ2n) is 6.13. The van der Waals surface area contributed by atoms with E-state index < -0.39 is 0 Å². The highest BCUT2D eigenvalue weighted by molar-refractivity contribution is 6.30. The summed E-state index contributed by atoms with van der Waals surface area (Å²) in [5.41, 5.74) is 2.87. The molecule has 2 amide bonds. The van der Waals surface area contributed by atoms with E-state index in [2.05, 4.69) is 20.9 Å². The summed E-state index contributed by atoms with van der Waals surface area (Å²) < 4.78 is 0. The van der Waals surface area contributed by atoms with Crippen LogP contribution in [0.15, 0.2) is 66.9 Å². The minimum atomic E-state index is -0.201. The maximum atomic E-state index is 12.4. The van der Waals surface area contributed by atoms with Crippen molar-refractivity contribution in [2.45, 2.75) is 13.5 Å². The highest BCUT2D eigenvalue weighted by Crippen LogP contribution is 2.19. The van der Waals surface area contributed by atoms with Gasteiger partial charge in [-0.05, 0) is 48.0 Å². The second kappa shape index (κ2) is 9.01. The van der Waals surface area contributed by atoms with Crippen LogP contribution in [-0.2, 0) is 11.3 Å². The highest BCUT2D eigenvalue weighted by Gasteiger charge is 2.08. The highest BCUT2D eigenvalue weighted by atomic mass is 35.5. The van der Waals surface area contributed by atoms with Gasteiger partial charge in [0.15, 0.2) is 0 Å². The molecule has 0 unspecified atom stereocenters. The van der Waals surface area contributed by atoms with Crippen LogP contribution in [0.5, 0.6) is 0 Å². The van der Waals surface area contributed by atoms with Gasteiger partial charge in [-0.25, -0.2) is 4.98 Å². The standard InChI is InChI=1S/C21H19ClN4O2/c1-14(27)25-18-3-2-4-19(12-18)26-20-11-16(9-10-23-20)21(28)24-13-15-5-7-17(22)8-6-15/h2-12H,13H2,1H3,(H,23,26)(H,24,28)(H,25,27). The van der Waals surface area contributed by atoms with Gasteiger partial charge in [-0.15, -0.1) is 0 Å². The Morgan fingerprint density at radius 3 is 2.50 bits per heavy atom. The molecule has 0 spiro atoms. The summed E-state index contributed by atoms with van der Waals surface area (Å²) in [5, 5.41) is 9.39. The van der Waals surface area contributed by atoms with E-state index in [0.29, 0.717) is 28.6 Å². The van der Waals surface area contributed by atoms with Crippen LogP contribution in [0.3, 0.4) is 0 Å². The van der Waals surface area contributed by atoms with Crippen molar-refractivity contribution in [2.24, 2.45) is 0 Å². The molecule has 142 valence electrons. The fourth-order valence-corrected chi connectivity index (χ4v) is 2.68. The van der Waals surface area contributed by atoms with E-state index in [1.165, 1.54) is 6.92 Å². The molecule has 28 heavy (non-hydrogen) atoms. The van der Waals surface area contributed by atoms with Crippen LogP contribution < -0.4 is 16.0 Å². The van der Waals surface area contributed by atoms with Crippen molar-refractivity contribution in [2.75, 3.05) is 10.6 Å². The van der Waals surface area contributed by atoms with Crippen LogP contribution in [-0.4, -0.2) is 16.8 Å². The molecular formula is C21H19ClN4O2. The van der Waals surface area contributed by atoms with Gasteiger partial charge in [-0.1, -0.05) is 29.8 Å². The molecule has 0 aliphatic heterocycles. The number of rotatable bonds is 6. The molecule has 3 N–H and O–H groups in total. The fraction of sp³-hybridized carbons (Fsp3) is 0.0952. The molecule has 2 aromatic carbocycles. The summed E-state index contributed by atoms with van der Waals surface area (Å²) in [6, 6.07) is 17.9. The van der Waals surface area contributed by atoms with E-state index in [0.717, 1.165) is 11.3 Å². The number of amides is 2. The normalized spacial score (nSPS) is 10.2. The van der Waals surface area contributed by atoms with Crippen LogP contribution in [0, 0.1) is 0 Å². The predicted octanol–water partition coefficient (Wildman–Crippen LogP) is 4.37. The van der Waals surface area contributed by atoms with Crippen LogP contribution in [0.1, 0.15) is 22.8 Å². The van der Waals surface area contributed by atoms with E-state index in [1.807, 2.05) is 24.3 Å². The van der Waals surface area contributed by atoms with Gasteiger partial charge in [0.1, 0.15) is 5.82 Å². The van der Waals surface area contributed by atoms with Crippen LogP contribution >= 0.6 is 11.6 Å². The molecule has 3 rings (SSSR count). The third-order valence-electron chi connectivity index (χ3n) is 3.84. The molecular weight excluding hydrogens is 376 g/mol. The number of nitrogens with one attached hydrogen (secondary N) is 3. The molecule has 0 fully saturated rings. The van der Waals surface area contributed by atoms with Gasteiger partial charge in [0, 0.05) is 41.6 Å². The van der Waals surface area contributed by atoms with Crippen molar-refractivity contribution in [3.8, 4) is 0 Å². The number of anilines is 3. The quantitative estimate of drug-likeness (QED) is 0.579. The maximum absolute atomic E-state index is 12.4. The van der Waals surface area contributed by atoms with Gasteiger partial charge in [-0.2, -0.15) is 0 Å². The van der Waals surface area contributed by atoms with Gasteiger partial charge in [-0.3, -0.25) is 9.59 Å². The summed E-state index contributed by atoms with van der Waals surface area (Å²) in [4.78, 5) is 27.9. The predicted molar refractivity (Wildman–Crippen MR) is 111 cm³/mol. The first kappa shape index (κ1) is 19.4. The van der Waals surface area contributed by atoms with Crippen LogP contribution in [0.4, 0.5) is 17.2 Å². The van der Waals surface area contributed by atoms with Gasteiger partial charge in [0.2, 0.25) is 5.91 Å². The average Bonchev–Trinajstić information content (AvgIpc) is 2.67. The van der Waals surface area contributed by atoms with Crippen molar-refractivity contribution in [3.05, 3.63) is 83.0 Å². The number of nitrogens with zero attached hydrogens (tertiary/aromatic N) is 1. The van der Waals surface area contributed by atoms with Gasteiger partial charge in [0.25, 0.3) is 5.91 Å². The lowest BCUT2D eigenvalue weighted by Crippen LogP contribution is -2.22. The molecule has 6 nitrogen and oxygen atoms in total. The molecule has 0 saturated heterocycles. The van der Waals surface area contributed by atoms with Crippen molar-refractivity contribution in [3.63, 3.8) is 0 Å². The number of halogens is 1. The average molecular weight is 395 g/mol. The molecule has 0 bridgehead atoms. The minimum absolute atomic E-state index is 0.144. The zero-order valence-electron chi connectivity index (χ0n) is 15.2. The molecule has 1 aromatic heterocycles. The van der Waals surface area contributed by atoms with Gasteiger partial charge in [0.05, 0.1) is 0 Å². The summed E-state index contributed by atoms with van der Waals surface area (Å²) in [7, 11) is 0. The van der Waals surface area contributed by atoms with E-state index in [4.69, 9.17) is 11.6 Å². The number of benzene rings is 2. The fourth-order valence-electron chi connectivity index (χ4n) is 2.55. The smallest absolute Gasteiger partial charge is 0.251 e. The molecule has 0 atom stereocenters. The number of hydrogen-bond acceptors (Lipinski definition) is 4. The molecule has 1 heterocycles. The minimum Gasteiger partial charge on any atom is -0.348 e. The largest absolute Gasteiger partial charge is 0.348 e. The second-order valence-corrected chi connectivity index (χ2v) is 6.56. The summed E-state index contributed by atoms with van der Waals surface area (Å²) in [5.74, 6) is 0.182. The Kier molecular flexibility index (Phi) is 6.24. The first-order valence-corrected chi connectivity index (χ1v) is 9.01. The zero-order valence-corrected chi connectivity index (χ0v) is 16.0. The number of hydrogen-bond donors (Lipinski definition) is 3. The van der Waals surface area contributed by atoms with Gasteiger partial charge < -0.3 is 16.0 Å². The van der Waals surface area contributed by atoms with Crippen molar-refractivity contribution in [1.82, 2.24) is 10.3 Å². The summed E-state index contributed by atoms with van der Waals surface area (Å²) >= 11 is 5.87. The topological polar surface area (TPSA) is 83.1 Å². The Morgan fingerprint density at radius 2 is 1.75 bits per heavy atom. The number of aromatic nitrogens is 1. The van der Waals surface area contributed by atoms with Crippen LogP contribution in [0.2, 0.25) is 5.02 Å². The zero-order chi connectivity index (χ0) is 19.9. The first-order valence-electron chi connectivity index (χ1n) is 8.63.